The summed E-state index contributed by atoms with van der Waals surface area (Å²) in [5, 5.41) is 4.22. The monoisotopic (exact) mass is 500 g/mol. The van der Waals surface area contributed by atoms with Gasteiger partial charge in [-0.25, -0.2) is 19.3 Å². The van der Waals surface area contributed by atoms with Gasteiger partial charge in [-0.1, -0.05) is 26.2 Å². The van der Waals surface area contributed by atoms with Crippen LogP contribution in [0.1, 0.15) is 38.4 Å². The van der Waals surface area contributed by atoms with Crippen LogP contribution in [0.4, 0.5) is 10.2 Å². The second kappa shape index (κ2) is 11.7. The predicted octanol–water partition coefficient (Wildman–Crippen LogP) is 5.15. The predicted molar refractivity (Wildman–Crippen MR) is 141 cm³/mol. The molecule has 34 heavy (non-hydrogen) atoms. The van der Waals surface area contributed by atoms with Gasteiger partial charge in [-0.05, 0) is 55.0 Å². The lowest BCUT2D eigenvalue weighted by molar-refractivity contribution is 0.378. The van der Waals surface area contributed by atoms with Crippen LogP contribution < -0.4 is 10.2 Å². The molecule has 0 bridgehead atoms. The number of nitrogens with zero attached hydrogens (tertiary/aromatic N) is 5. The van der Waals surface area contributed by atoms with Gasteiger partial charge in [0.2, 0.25) is 0 Å². The number of benzene rings is 1. The Bertz CT molecular complexity index is 1120. The van der Waals surface area contributed by atoms with Crippen LogP contribution in [0.2, 0.25) is 0 Å². The van der Waals surface area contributed by atoms with Crippen molar-refractivity contribution in [2.24, 2.45) is 0 Å². The summed E-state index contributed by atoms with van der Waals surface area (Å²) in [7, 11) is 0. The first-order valence-electron chi connectivity index (χ1n) is 11.9. The van der Waals surface area contributed by atoms with Crippen molar-refractivity contribution in [2.45, 2.75) is 38.5 Å². The number of alkyl halides is 1. The fourth-order valence-electron chi connectivity index (χ4n) is 4.09. The number of fused-ring (bicyclic) bond motifs is 1. The van der Waals surface area contributed by atoms with E-state index in [2.05, 4.69) is 27.0 Å². The van der Waals surface area contributed by atoms with Crippen LogP contribution in [0, 0.1) is 5.82 Å². The molecule has 1 aromatic carbocycles. The van der Waals surface area contributed by atoms with Crippen LogP contribution in [0.3, 0.4) is 0 Å². The second-order valence-corrected chi connectivity index (χ2v) is 9.09. The normalized spacial score (nSPS) is 14.0. The molecule has 1 aliphatic heterocycles. The van der Waals surface area contributed by atoms with E-state index in [0.29, 0.717) is 5.82 Å². The molecule has 0 saturated carbocycles. The Labute approximate surface area is 210 Å². The third-order valence-corrected chi connectivity index (χ3v) is 6.64. The maximum Gasteiger partial charge on any atom is 0.169 e. The van der Waals surface area contributed by atoms with Gasteiger partial charge in [0.25, 0.3) is 0 Å². The first-order valence-corrected chi connectivity index (χ1v) is 12.8. The topological polar surface area (TPSA) is 57.2 Å². The van der Waals surface area contributed by atoms with E-state index in [1.54, 1.807) is 12.1 Å². The molecule has 0 spiro atoms. The average Bonchev–Trinajstić information content (AvgIpc) is 2.88. The maximum absolute atomic E-state index is 13.4. The Hall–Kier alpha value is -2.58. The van der Waals surface area contributed by atoms with Crippen molar-refractivity contribution >= 4 is 45.8 Å². The van der Waals surface area contributed by atoms with Gasteiger partial charge in [-0.3, -0.25) is 0 Å². The Kier molecular flexibility index (Phi) is 8.45. The molecule has 6 nitrogen and oxygen atoms in total. The number of hydrogen-bond acceptors (Lipinski definition) is 5. The lowest BCUT2D eigenvalue weighted by Gasteiger charge is -2.37. The van der Waals surface area contributed by atoms with Crippen LogP contribution >= 0.6 is 23.8 Å². The summed E-state index contributed by atoms with van der Waals surface area (Å²) in [4.78, 5) is 18.6. The SMILES string of the molecule is CCCCCCNC(=S)N1CCN(c2nc(CCl)nc3ccc(-c4ccc(F)cc4)nc23)CC1. The van der Waals surface area contributed by atoms with Crippen LogP contribution in [-0.4, -0.2) is 57.7 Å². The first-order chi connectivity index (χ1) is 16.6. The summed E-state index contributed by atoms with van der Waals surface area (Å²) in [5.41, 5.74) is 3.07. The average molecular weight is 501 g/mol. The number of unbranched alkanes of at least 4 members (excludes halogenated alkanes) is 3. The van der Waals surface area contributed by atoms with E-state index in [4.69, 9.17) is 33.8 Å². The fraction of sp³-hybridized carbons (Fsp3) is 0.440. The van der Waals surface area contributed by atoms with Crippen LogP contribution in [-0.2, 0) is 5.88 Å². The quantitative estimate of drug-likeness (QED) is 0.261. The maximum atomic E-state index is 13.4. The fourth-order valence-corrected chi connectivity index (χ4v) is 4.49. The molecule has 1 N–H and O–H groups in total. The van der Waals surface area contributed by atoms with Gasteiger partial charge in [0, 0.05) is 38.3 Å². The van der Waals surface area contributed by atoms with E-state index in [0.717, 1.165) is 72.4 Å². The van der Waals surface area contributed by atoms with Crippen molar-refractivity contribution in [3.63, 3.8) is 0 Å². The molecular formula is C25H30ClFN6S. The van der Waals surface area contributed by atoms with Crippen molar-refractivity contribution in [2.75, 3.05) is 37.6 Å². The second-order valence-electron chi connectivity index (χ2n) is 8.43. The number of aromatic nitrogens is 3. The van der Waals surface area contributed by atoms with E-state index < -0.39 is 0 Å². The van der Waals surface area contributed by atoms with E-state index >= 15 is 0 Å². The third kappa shape index (κ3) is 5.91. The van der Waals surface area contributed by atoms with E-state index in [1.807, 2.05) is 12.1 Å². The molecule has 3 heterocycles. The number of anilines is 1. The van der Waals surface area contributed by atoms with Gasteiger partial charge in [-0.15, -0.1) is 11.6 Å². The zero-order valence-electron chi connectivity index (χ0n) is 19.4. The Morgan fingerprint density at radius 3 is 2.47 bits per heavy atom. The Morgan fingerprint density at radius 1 is 1.00 bits per heavy atom. The Balaban J connectivity index is 1.50. The van der Waals surface area contributed by atoms with Gasteiger partial charge < -0.3 is 15.1 Å². The molecule has 0 aliphatic carbocycles. The highest BCUT2D eigenvalue weighted by atomic mass is 35.5. The molecule has 2 aromatic heterocycles. The summed E-state index contributed by atoms with van der Waals surface area (Å²) < 4.78 is 13.4. The van der Waals surface area contributed by atoms with Crippen molar-refractivity contribution in [1.29, 1.82) is 0 Å². The minimum absolute atomic E-state index is 0.231. The van der Waals surface area contributed by atoms with Gasteiger partial charge in [0.15, 0.2) is 10.9 Å². The van der Waals surface area contributed by atoms with E-state index in [9.17, 15) is 4.39 Å². The zero-order valence-corrected chi connectivity index (χ0v) is 21.0. The number of pyridine rings is 1. The smallest absolute Gasteiger partial charge is 0.169 e. The number of hydrogen-bond donors (Lipinski definition) is 1. The summed E-state index contributed by atoms with van der Waals surface area (Å²) in [6.45, 7) is 6.29. The van der Waals surface area contributed by atoms with Crippen molar-refractivity contribution in [3.05, 3.63) is 48.0 Å². The molecule has 4 rings (SSSR count). The number of halogens is 2. The number of rotatable bonds is 8. The minimum atomic E-state index is -0.272. The summed E-state index contributed by atoms with van der Waals surface area (Å²) in [5.74, 6) is 1.32. The minimum Gasteiger partial charge on any atom is -0.363 e. The molecule has 3 aromatic rings. The molecule has 1 fully saturated rings. The van der Waals surface area contributed by atoms with Gasteiger partial charge in [0.1, 0.15) is 17.2 Å². The first kappa shape index (κ1) is 24.5. The van der Waals surface area contributed by atoms with Crippen molar-refractivity contribution < 1.29 is 4.39 Å². The van der Waals surface area contributed by atoms with Crippen LogP contribution in [0.25, 0.3) is 22.3 Å². The van der Waals surface area contributed by atoms with Crippen molar-refractivity contribution in [1.82, 2.24) is 25.2 Å². The van der Waals surface area contributed by atoms with Gasteiger partial charge in [0.05, 0.1) is 17.1 Å². The van der Waals surface area contributed by atoms with Crippen LogP contribution in [0.5, 0.6) is 0 Å². The van der Waals surface area contributed by atoms with Gasteiger partial charge in [-0.2, -0.15) is 0 Å². The molecule has 9 heteroatoms. The molecular weight excluding hydrogens is 471 g/mol. The lowest BCUT2D eigenvalue weighted by atomic mass is 10.1. The number of piperazine rings is 1. The van der Waals surface area contributed by atoms with E-state index in [1.165, 1.54) is 31.4 Å². The highest BCUT2D eigenvalue weighted by Crippen LogP contribution is 2.27. The Morgan fingerprint density at radius 2 is 1.76 bits per heavy atom. The summed E-state index contributed by atoms with van der Waals surface area (Å²) in [6.07, 6.45) is 4.87. The molecule has 180 valence electrons. The number of thiocarbonyl (C=S) groups is 1. The van der Waals surface area contributed by atoms with Crippen molar-refractivity contribution in [3.8, 4) is 11.3 Å². The molecule has 0 radical (unpaired) electrons. The molecule has 0 unspecified atom stereocenters. The summed E-state index contributed by atoms with van der Waals surface area (Å²) in [6, 6.07) is 10.2. The summed E-state index contributed by atoms with van der Waals surface area (Å²) >= 11 is 11.7. The molecule has 0 atom stereocenters. The van der Waals surface area contributed by atoms with E-state index in [-0.39, 0.29) is 11.7 Å². The lowest BCUT2D eigenvalue weighted by Crippen LogP contribution is -2.52. The molecule has 0 amide bonds. The zero-order chi connectivity index (χ0) is 23.9. The molecule has 1 saturated heterocycles. The number of nitrogens with one attached hydrogen (secondary N) is 1. The highest BCUT2D eigenvalue weighted by Gasteiger charge is 2.23. The highest BCUT2D eigenvalue weighted by molar-refractivity contribution is 7.80. The third-order valence-electron chi connectivity index (χ3n) is 6.00. The van der Waals surface area contributed by atoms with Gasteiger partial charge >= 0.3 is 0 Å². The van der Waals surface area contributed by atoms with Crippen LogP contribution in [0.15, 0.2) is 36.4 Å². The molecule has 1 aliphatic rings. The standard InChI is InChI=1S/C25H30ClFN6S/c1-2-3-4-5-12-28-25(34)33-15-13-32(14-16-33)24-23-21(29-22(17-26)31-24)11-10-20(30-23)18-6-8-19(27)9-7-18/h6-11H,2-5,12-17H2,1H3,(H,28,34). The largest absolute Gasteiger partial charge is 0.363 e.